The van der Waals surface area contributed by atoms with Crippen LogP contribution in [-0.2, 0) is 0 Å². The first kappa shape index (κ1) is 21.8. The summed E-state index contributed by atoms with van der Waals surface area (Å²) in [6.07, 6.45) is 3.64. The van der Waals surface area contributed by atoms with E-state index in [1.165, 1.54) is 0 Å². The van der Waals surface area contributed by atoms with Crippen LogP contribution < -0.4 is 15.4 Å². The Labute approximate surface area is 202 Å². The number of fused-ring (bicyclic) bond motifs is 1. The molecule has 6 nitrogen and oxygen atoms in total. The lowest BCUT2D eigenvalue weighted by atomic mass is 10.0. The number of nitrogens with zero attached hydrogens (tertiary/aromatic N) is 2. The number of nitrogens with one attached hydrogen (secondary N) is 2. The summed E-state index contributed by atoms with van der Waals surface area (Å²) in [5, 5.41) is 11.6. The van der Waals surface area contributed by atoms with Crippen LogP contribution in [0.15, 0.2) is 85.1 Å². The van der Waals surface area contributed by atoms with Gasteiger partial charge < -0.3 is 15.4 Å². The Morgan fingerprint density at radius 1 is 1.06 bits per heavy atom. The number of benzene rings is 3. The molecule has 2 heterocycles. The number of hydrogen-bond donors (Lipinski definition) is 2. The maximum Gasteiger partial charge on any atom is 0.261 e. The molecular weight excluding hydrogens is 448 g/mol. The Morgan fingerprint density at radius 3 is 2.50 bits per heavy atom. The van der Waals surface area contributed by atoms with Gasteiger partial charge in [0, 0.05) is 16.4 Å². The molecule has 5 rings (SSSR count). The van der Waals surface area contributed by atoms with Crippen LogP contribution in [-0.4, -0.2) is 22.8 Å². The van der Waals surface area contributed by atoms with Crippen LogP contribution in [0.25, 0.3) is 5.70 Å². The summed E-state index contributed by atoms with van der Waals surface area (Å²) in [5.41, 5.74) is 4.99. The third-order valence-corrected chi connectivity index (χ3v) is 6.16. The number of allylic oxidation sites excluding steroid dienone is 1. The van der Waals surface area contributed by atoms with Crippen molar-refractivity contribution in [2.24, 2.45) is 0 Å². The normalized spacial score (nSPS) is 14.6. The zero-order valence-electron chi connectivity index (χ0n) is 18.7. The Bertz CT molecular complexity index is 1370. The van der Waals surface area contributed by atoms with Crippen molar-refractivity contribution in [2.45, 2.75) is 13.0 Å². The van der Waals surface area contributed by atoms with E-state index in [0.717, 1.165) is 33.8 Å². The summed E-state index contributed by atoms with van der Waals surface area (Å²) >= 11 is 6.56. The molecule has 170 valence electrons. The molecular formula is C27H23ClN4O2. The first-order valence-electron chi connectivity index (χ1n) is 10.9. The van der Waals surface area contributed by atoms with Crippen LogP contribution in [0.1, 0.15) is 33.1 Å². The molecule has 34 heavy (non-hydrogen) atoms. The standard InChI is InChI=1S/C27H23ClN4O2/c1-17-7-11-19(12-8-17)30-27(33)22-16-29-32-25(21-5-3-4-6-23(21)28)15-24(31-26(22)32)18-9-13-20(34-2)14-10-18/h3-16,25,31H,1-2H3,(H,30,33)/t25-/m0/s1. The van der Waals surface area contributed by atoms with Crippen molar-refractivity contribution in [2.75, 3.05) is 17.7 Å². The molecule has 0 aliphatic carbocycles. The lowest BCUT2D eigenvalue weighted by molar-refractivity contribution is 0.102. The van der Waals surface area contributed by atoms with Crippen molar-refractivity contribution < 1.29 is 9.53 Å². The fourth-order valence-electron chi connectivity index (χ4n) is 3.97. The Balaban J connectivity index is 1.55. The van der Waals surface area contributed by atoms with Crippen LogP contribution in [0.3, 0.4) is 0 Å². The second-order valence-electron chi connectivity index (χ2n) is 8.07. The van der Waals surface area contributed by atoms with E-state index in [9.17, 15) is 4.79 Å². The molecule has 0 saturated carbocycles. The van der Waals surface area contributed by atoms with E-state index in [2.05, 4.69) is 21.8 Å². The van der Waals surface area contributed by atoms with Crippen molar-refractivity contribution >= 4 is 34.7 Å². The van der Waals surface area contributed by atoms with Gasteiger partial charge in [0.1, 0.15) is 23.2 Å². The number of amides is 1. The van der Waals surface area contributed by atoms with Gasteiger partial charge in [0.05, 0.1) is 13.3 Å². The van der Waals surface area contributed by atoms with Crippen LogP contribution >= 0.6 is 11.6 Å². The second kappa shape index (κ2) is 9.08. The van der Waals surface area contributed by atoms with E-state index in [4.69, 9.17) is 16.3 Å². The van der Waals surface area contributed by atoms with Crippen LogP contribution in [0, 0.1) is 6.92 Å². The Kier molecular flexibility index (Phi) is 5.82. The van der Waals surface area contributed by atoms with E-state index >= 15 is 0 Å². The first-order valence-corrected chi connectivity index (χ1v) is 11.2. The molecule has 0 saturated heterocycles. The largest absolute Gasteiger partial charge is 0.497 e. The molecule has 4 aromatic rings. The van der Waals surface area contributed by atoms with Gasteiger partial charge in [-0.25, -0.2) is 4.68 Å². The maximum atomic E-state index is 13.2. The predicted molar refractivity (Wildman–Crippen MR) is 136 cm³/mol. The highest BCUT2D eigenvalue weighted by molar-refractivity contribution is 6.31. The molecule has 1 aromatic heterocycles. The number of carbonyl (C=O) groups is 1. The van der Waals surface area contributed by atoms with Gasteiger partial charge in [-0.05, 0) is 66.6 Å². The summed E-state index contributed by atoms with van der Waals surface area (Å²) < 4.78 is 7.09. The summed E-state index contributed by atoms with van der Waals surface area (Å²) in [7, 11) is 1.64. The molecule has 1 aliphatic heterocycles. The number of methoxy groups -OCH3 is 1. The number of ether oxygens (including phenoxy) is 1. The zero-order chi connectivity index (χ0) is 23.7. The van der Waals surface area contributed by atoms with Gasteiger partial charge >= 0.3 is 0 Å². The van der Waals surface area contributed by atoms with Crippen LogP contribution in [0.5, 0.6) is 5.75 Å². The number of hydrogen-bond acceptors (Lipinski definition) is 4. The smallest absolute Gasteiger partial charge is 0.261 e. The molecule has 7 heteroatoms. The molecule has 2 N–H and O–H groups in total. The highest BCUT2D eigenvalue weighted by Gasteiger charge is 2.29. The molecule has 0 bridgehead atoms. The van der Waals surface area contributed by atoms with E-state index in [1.807, 2.05) is 79.7 Å². The molecule has 0 radical (unpaired) electrons. The highest BCUT2D eigenvalue weighted by atomic mass is 35.5. The quantitative estimate of drug-likeness (QED) is 0.366. The van der Waals surface area contributed by atoms with Crippen molar-refractivity contribution in [3.05, 3.63) is 112 Å². The SMILES string of the molecule is COc1ccc(C2=C[C@@H](c3ccccc3Cl)n3ncc(C(=O)Nc4ccc(C)cc4)c3N2)cc1. The average molecular weight is 471 g/mol. The Morgan fingerprint density at radius 2 is 1.79 bits per heavy atom. The van der Waals surface area contributed by atoms with Crippen molar-refractivity contribution in [1.29, 1.82) is 0 Å². The number of anilines is 2. The summed E-state index contributed by atoms with van der Waals surface area (Å²) in [6, 6.07) is 22.8. The fraction of sp³-hybridized carbons (Fsp3) is 0.111. The topological polar surface area (TPSA) is 68.2 Å². The molecule has 1 atom stereocenters. The van der Waals surface area contributed by atoms with Gasteiger partial charge in [-0.15, -0.1) is 0 Å². The van der Waals surface area contributed by atoms with Gasteiger partial charge in [-0.3, -0.25) is 4.79 Å². The minimum Gasteiger partial charge on any atom is -0.497 e. The van der Waals surface area contributed by atoms with Gasteiger partial charge in [0.15, 0.2) is 0 Å². The van der Waals surface area contributed by atoms with Crippen LogP contribution in [0.4, 0.5) is 11.5 Å². The summed E-state index contributed by atoms with van der Waals surface area (Å²) in [5.74, 6) is 1.13. The fourth-order valence-corrected chi connectivity index (χ4v) is 4.22. The van der Waals surface area contributed by atoms with E-state index < -0.39 is 0 Å². The minimum absolute atomic E-state index is 0.244. The maximum absolute atomic E-state index is 13.2. The Hall–Kier alpha value is -4.03. The molecule has 1 amide bonds. The monoisotopic (exact) mass is 470 g/mol. The summed E-state index contributed by atoms with van der Waals surface area (Å²) in [6.45, 7) is 2.01. The van der Waals surface area contributed by atoms with E-state index in [1.54, 1.807) is 18.0 Å². The first-order chi connectivity index (χ1) is 16.5. The van der Waals surface area contributed by atoms with E-state index in [-0.39, 0.29) is 11.9 Å². The number of aryl methyl sites for hydroxylation is 1. The number of aromatic nitrogens is 2. The predicted octanol–water partition coefficient (Wildman–Crippen LogP) is 6.16. The molecule has 0 spiro atoms. The second-order valence-corrected chi connectivity index (χ2v) is 8.48. The zero-order valence-corrected chi connectivity index (χ0v) is 19.5. The lowest BCUT2D eigenvalue weighted by Crippen LogP contribution is -2.22. The van der Waals surface area contributed by atoms with Gasteiger partial charge in [0.25, 0.3) is 5.91 Å². The van der Waals surface area contributed by atoms with Gasteiger partial charge in [-0.2, -0.15) is 5.10 Å². The molecule has 0 unspecified atom stereocenters. The highest BCUT2D eigenvalue weighted by Crippen LogP contribution is 2.37. The van der Waals surface area contributed by atoms with E-state index in [0.29, 0.717) is 16.4 Å². The van der Waals surface area contributed by atoms with Crippen molar-refractivity contribution in [3.8, 4) is 5.75 Å². The van der Waals surface area contributed by atoms with Crippen LogP contribution in [0.2, 0.25) is 5.02 Å². The molecule has 0 fully saturated rings. The van der Waals surface area contributed by atoms with Crippen molar-refractivity contribution in [1.82, 2.24) is 9.78 Å². The van der Waals surface area contributed by atoms with Crippen molar-refractivity contribution in [3.63, 3.8) is 0 Å². The third kappa shape index (κ3) is 4.16. The molecule has 3 aromatic carbocycles. The average Bonchev–Trinajstić information content (AvgIpc) is 3.30. The number of carbonyl (C=O) groups excluding carboxylic acids is 1. The number of rotatable bonds is 5. The lowest BCUT2D eigenvalue weighted by Gasteiger charge is -2.27. The molecule has 1 aliphatic rings. The van der Waals surface area contributed by atoms with Gasteiger partial charge in [0.2, 0.25) is 0 Å². The van der Waals surface area contributed by atoms with Gasteiger partial charge in [-0.1, -0.05) is 47.5 Å². The summed E-state index contributed by atoms with van der Waals surface area (Å²) in [4.78, 5) is 13.2. The minimum atomic E-state index is -0.289. The number of halogens is 1. The third-order valence-electron chi connectivity index (χ3n) is 5.82.